The van der Waals surface area contributed by atoms with Crippen LogP contribution in [-0.2, 0) is 17.5 Å². The van der Waals surface area contributed by atoms with Crippen LogP contribution in [-0.4, -0.2) is 28.9 Å². The first kappa shape index (κ1) is 17.3. The Hall–Kier alpha value is -2.09. The predicted octanol–water partition coefficient (Wildman–Crippen LogP) is 3.59. The molecule has 0 spiro atoms. The Balaban J connectivity index is 1.95. The fourth-order valence-electron chi connectivity index (χ4n) is 1.90. The van der Waals surface area contributed by atoms with Gasteiger partial charge in [0.15, 0.2) is 6.10 Å². The highest BCUT2D eigenvalue weighted by Crippen LogP contribution is 2.30. The number of hydrogen-bond donors (Lipinski definition) is 0. The molecule has 0 aliphatic rings. The molecule has 0 fully saturated rings. The van der Waals surface area contributed by atoms with E-state index in [9.17, 15) is 18.0 Å². The van der Waals surface area contributed by atoms with Gasteiger partial charge in [0.05, 0.1) is 12.1 Å². The maximum Gasteiger partial charge on any atom is 0.416 e. The average molecular weight is 344 g/mol. The summed E-state index contributed by atoms with van der Waals surface area (Å²) in [4.78, 5) is 17.8. The lowest BCUT2D eigenvalue weighted by atomic mass is 10.2. The van der Waals surface area contributed by atoms with Crippen LogP contribution in [0.15, 0.2) is 35.8 Å². The smallest absolute Gasteiger partial charge is 0.416 e. The predicted molar refractivity (Wildman–Crippen MR) is 80.1 cm³/mol. The molecular weight excluding hydrogens is 329 g/mol. The maximum absolute atomic E-state index is 12.5. The summed E-state index contributed by atoms with van der Waals surface area (Å²) in [5, 5.41) is 2.61. The van der Waals surface area contributed by atoms with Crippen LogP contribution < -0.4 is 4.74 Å². The molecule has 0 unspecified atom stereocenters. The summed E-state index contributed by atoms with van der Waals surface area (Å²) in [6.45, 7) is 1.91. The molecule has 0 radical (unpaired) electrons. The first-order chi connectivity index (χ1) is 10.8. The largest absolute Gasteiger partial charge is 0.481 e. The average Bonchev–Trinajstić information content (AvgIpc) is 2.98. The lowest BCUT2D eigenvalue weighted by molar-refractivity contribution is -0.138. The second-order valence-electron chi connectivity index (χ2n) is 4.90. The van der Waals surface area contributed by atoms with Crippen molar-refractivity contribution in [3.05, 3.63) is 46.4 Å². The molecule has 23 heavy (non-hydrogen) atoms. The Kier molecular flexibility index (Phi) is 5.25. The molecule has 1 aromatic heterocycles. The van der Waals surface area contributed by atoms with E-state index in [0.29, 0.717) is 6.54 Å². The van der Waals surface area contributed by atoms with Gasteiger partial charge in [-0.25, -0.2) is 4.98 Å². The molecule has 0 N–H and O–H groups in total. The summed E-state index contributed by atoms with van der Waals surface area (Å²) in [6, 6.07) is 4.25. The minimum Gasteiger partial charge on any atom is -0.481 e. The highest BCUT2D eigenvalue weighted by molar-refractivity contribution is 7.09. The van der Waals surface area contributed by atoms with Gasteiger partial charge in [-0.1, -0.05) is 0 Å². The standard InChI is InChI=1S/C15H15F3N2O2S/c1-10(14(21)20(2)9-13-19-7-8-23-13)22-12-5-3-11(4-6-12)15(16,17)18/h3-8,10H,9H2,1-2H3/t10-/m0/s1. The van der Waals surface area contributed by atoms with Crippen molar-refractivity contribution < 1.29 is 22.7 Å². The molecule has 1 atom stereocenters. The number of ether oxygens (including phenoxy) is 1. The van der Waals surface area contributed by atoms with E-state index < -0.39 is 17.8 Å². The number of carbonyl (C=O) groups is 1. The number of likely N-dealkylation sites (N-methyl/N-ethyl adjacent to an activating group) is 1. The summed E-state index contributed by atoms with van der Waals surface area (Å²) >= 11 is 1.44. The van der Waals surface area contributed by atoms with E-state index in [1.165, 1.54) is 28.4 Å². The van der Waals surface area contributed by atoms with Crippen molar-refractivity contribution in [1.82, 2.24) is 9.88 Å². The van der Waals surface area contributed by atoms with E-state index >= 15 is 0 Å². The third-order valence-corrected chi connectivity index (χ3v) is 3.84. The quantitative estimate of drug-likeness (QED) is 0.832. The Morgan fingerprint density at radius 2 is 2.00 bits per heavy atom. The van der Waals surface area contributed by atoms with E-state index in [-0.39, 0.29) is 11.7 Å². The lowest BCUT2D eigenvalue weighted by Crippen LogP contribution is -2.37. The van der Waals surface area contributed by atoms with Crippen molar-refractivity contribution in [1.29, 1.82) is 0 Å². The monoisotopic (exact) mass is 344 g/mol. The third kappa shape index (κ3) is 4.69. The fraction of sp³-hybridized carbons (Fsp3) is 0.333. The van der Waals surface area contributed by atoms with Gasteiger partial charge in [-0.2, -0.15) is 13.2 Å². The van der Waals surface area contributed by atoms with Gasteiger partial charge < -0.3 is 9.64 Å². The fourth-order valence-corrected chi connectivity index (χ4v) is 2.57. The summed E-state index contributed by atoms with van der Waals surface area (Å²) < 4.78 is 42.9. The molecule has 124 valence electrons. The summed E-state index contributed by atoms with van der Waals surface area (Å²) in [7, 11) is 1.62. The SMILES string of the molecule is C[C@H](Oc1ccc(C(F)(F)F)cc1)C(=O)N(C)Cc1nccs1. The van der Waals surface area contributed by atoms with Crippen molar-refractivity contribution in [3.8, 4) is 5.75 Å². The van der Waals surface area contributed by atoms with Gasteiger partial charge in [-0.3, -0.25) is 4.79 Å². The van der Waals surface area contributed by atoms with Crippen LogP contribution in [0, 0.1) is 0 Å². The highest BCUT2D eigenvalue weighted by Gasteiger charge is 2.30. The van der Waals surface area contributed by atoms with Crippen molar-refractivity contribution in [3.63, 3.8) is 0 Å². The number of thiazole rings is 1. The van der Waals surface area contributed by atoms with Gasteiger partial charge in [-0.15, -0.1) is 11.3 Å². The molecule has 0 bridgehead atoms. The van der Waals surface area contributed by atoms with Gasteiger partial charge >= 0.3 is 6.18 Å². The zero-order chi connectivity index (χ0) is 17.0. The summed E-state index contributed by atoms with van der Waals surface area (Å²) in [6.07, 6.45) is -3.55. The second-order valence-corrected chi connectivity index (χ2v) is 5.88. The molecule has 1 aromatic carbocycles. The van der Waals surface area contributed by atoms with Crippen LogP contribution in [0.5, 0.6) is 5.75 Å². The molecule has 0 saturated carbocycles. The summed E-state index contributed by atoms with van der Waals surface area (Å²) in [5.74, 6) is -0.0680. The van der Waals surface area contributed by atoms with Gasteiger partial charge in [0.2, 0.25) is 0 Å². The molecule has 1 amide bonds. The number of carbonyl (C=O) groups excluding carboxylic acids is 1. The highest BCUT2D eigenvalue weighted by atomic mass is 32.1. The Morgan fingerprint density at radius 1 is 1.35 bits per heavy atom. The molecule has 0 aliphatic heterocycles. The number of amides is 1. The van der Waals surface area contributed by atoms with E-state index in [1.54, 1.807) is 20.2 Å². The molecule has 8 heteroatoms. The van der Waals surface area contributed by atoms with Crippen LogP contribution in [0.25, 0.3) is 0 Å². The number of alkyl halides is 3. The van der Waals surface area contributed by atoms with E-state index in [0.717, 1.165) is 17.1 Å². The lowest BCUT2D eigenvalue weighted by Gasteiger charge is -2.21. The van der Waals surface area contributed by atoms with E-state index in [1.807, 2.05) is 5.38 Å². The van der Waals surface area contributed by atoms with E-state index in [2.05, 4.69) is 4.98 Å². The normalized spacial score (nSPS) is 12.7. The van der Waals surface area contributed by atoms with Crippen molar-refractivity contribution in [2.24, 2.45) is 0 Å². The van der Waals surface area contributed by atoms with Gasteiger partial charge in [0.25, 0.3) is 5.91 Å². The number of hydrogen-bond acceptors (Lipinski definition) is 4. The first-order valence-electron chi connectivity index (χ1n) is 6.74. The molecule has 2 rings (SSSR count). The number of halogens is 3. The molecule has 2 aromatic rings. The van der Waals surface area contributed by atoms with E-state index in [4.69, 9.17) is 4.74 Å². The zero-order valence-electron chi connectivity index (χ0n) is 12.5. The number of aromatic nitrogens is 1. The Labute approximate surface area is 135 Å². The van der Waals surface area contributed by atoms with Crippen molar-refractivity contribution in [2.75, 3.05) is 7.05 Å². The zero-order valence-corrected chi connectivity index (χ0v) is 13.3. The van der Waals surface area contributed by atoms with Gasteiger partial charge in [0, 0.05) is 18.6 Å². The van der Waals surface area contributed by atoms with Crippen molar-refractivity contribution >= 4 is 17.2 Å². The molecule has 0 aliphatic carbocycles. The number of nitrogens with zero attached hydrogens (tertiary/aromatic N) is 2. The number of rotatable bonds is 5. The number of benzene rings is 1. The minimum atomic E-state index is -4.39. The van der Waals surface area contributed by atoms with Crippen LogP contribution in [0.1, 0.15) is 17.5 Å². The van der Waals surface area contributed by atoms with Gasteiger partial charge in [0.1, 0.15) is 10.8 Å². The van der Waals surface area contributed by atoms with Gasteiger partial charge in [-0.05, 0) is 31.2 Å². The topological polar surface area (TPSA) is 42.4 Å². The molecule has 4 nitrogen and oxygen atoms in total. The Morgan fingerprint density at radius 3 is 2.52 bits per heavy atom. The van der Waals surface area contributed by atoms with Crippen LogP contribution in [0.4, 0.5) is 13.2 Å². The van der Waals surface area contributed by atoms with Crippen LogP contribution in [0.2, 0.25) is 0 Å². The Bertz CT molecular complexity index is 642. The maximum atomic E-state index is 12.5. The summed E-state index contributed by atoms with van der Waals surface area (Å²) in [5.41, 5.74) is -0.760. The minimum absolute atomic E-state index is 0.210. The second kappa shape index (κ2) is 6.99. The third-order valence-electron chi connectivity index (χ3n) is 3.07. The van der Waals surface area contributed by atoms with Crippen LogP contribution in [0.3, 0.4) is 0 Å². The van der Waals surface area contributed by atoms with Crippen LogP contribution >= 0.6 is 11.3 Å². The van der Waals surface area contributed by atoms with Crippen molar-refractivity contribution in [2.45, 2.75) is 25.7 Å². The molecule has 1 heterocycles. The first-order valence-corrected chi connectivity index (χ1v) is 7.62. The molecule has 0 saturated heterocycles. The molecular formula is C15H15F3N2O2S.